The first-order chi connectivity index (χ1) is 8.90. The van der Waals surface area contributed by atoms with Crippen LogP contribution in [0.3, 0.4) is 0 Å². The van der Waals surface area contributed by atoms with Crippen molar-refractivity contribution in [2.75, 3.05) is 11.9 Å². The Balaban J connectivity index is 2.19. The topological polar surface area (TPSA) is 24.9 Å². The van der Waals surface area contributed by atoms with Crippen molar-refractivity contribution >= 4 is 24.4 Å². The number of aromatic nitrogens is 1. The second-order valence-corrected chi connectivity index (χ2v) is 5.06. The van der Waals surface area contributed by atoms with Crippen molar-refractivity contribution < 1.29 is 0 Å². The lowest BCUT2D eigenvalue weighted by Crippen LogP contribution is -2.12. The molecule has 1 heterocycles. The summed E-state index contributed by atoms with van der Waals surface area (Å²) in [5, 5.41) is 4.91. The normalized spacial score (nSPS) is 14.4. The Hall–Kier alpha value is -1.51. The molecule has 1 aromatic heterocycles. The molecule has 0 atom stereocenters. The number of benzene rings is 1. The Labute approximate surface area is 109 Å². The number of aryl methyl sites for hydroxylation is 1. The number of hydrogen-bond acceptors (Lipinski definition) is 2. The number of hydrogen-bond donors (Lipinski definition) is 1. The van der Waals surface area contributed by atoms with Crippen LogP contribution in [0.15, 0.2) is 24.3 Å². The fourth-order valence-electron chi connectivity index (χ4n) is 2.82. The number of nitrogens with zero attached hydrogens (tertiary/aromatic N) is 1. The van der Waals surface area contributed by atoms with Gasteiger partial charge in [0.2, 0.25) is 0 Å². The van der Waals surface area contributed by atoms with Crippen molar-refractivity contribution in [1.82, 2.24) is 4.98 Å². The first-order valence-electron chi connectivity index (χ1n) is 7.04. The molecule has 0 unspecified atom stereocenters. The average molecular weight is 238 g/mol. The van der Waals surface area contributed by atoms with Crippen molar-refractivity contribution in [1.29, 1.82) is 0 Å². The molecule has 1 aromatic carbocycles. The smallest absolute Gasteiger partial charge is 0.103 e. The molecule has 0 saturated carbocycles. The minimum absolute atomic E-state index is 1.04. The molecule has 2 aromatic rings. The van der Waals surface area contributed by atoms with Crippen LogP contribution in [0, 0.1) is 0 Å². The van der Waals surface area contributed by atoms with Gasteiger partial charge >= 0.3 is 0 Å². The van der Waals surface area contributed by atoms with E-state index in [1.165, 1.54) is 41.6 Å². The summed E-state index contributed by atoms with van der Waals surface area (Å²) < 4.78 is 0. The van der Waals surface area contributed by atoms with Gasteiger partial charge in [-0.25, -0.2) is 0 Å². The lowest BCUT2D eigenvalue weighted by Gasteiger charge is -2.21. The molecule has 0 radical (unpaired) electrons. The van der Waals surface area contributed by atoms with Gasteiger partial charge in [0.05, 0.1) is 5.52 Å². The summed E-state index contributed by atoms with van der Waals surface area (Å²) in [6.45, 7) is 1.04. The summed E-state index contributed by atoms with van der Waals surface area (Å²) in [6.07, 6.45) is 6.06. The van der Waals surface area contributed by atoms with Crippen LogP contribution in [0.1, 0.15) is 24.1 Å². The minimum Gasteiger partial charge on any atom is -0.385 e. The predicted molar refractivity (Wildman–Crippen MR) is 80.2 cm³/mol. The number of fused-ring (bicyclic) bond motifs is 2. The maximum atomic E-state index is 4.84. The summed E-state index contributed by atoms with van der Waals surface area (Å²) in [7, 11) is 2.21. The number of nitrogens with one attached hydrogen (secondary N) is 1. The first kappa shape index (κ1) is 11.6. The maximum absolute atomic E-state index is 4.84. The monoisotopic (exact) mass is 238 g/mol. The van der Waals surface area contributed by atoms with E-state index in [1.807, 2.05) is 0 Å². The second kappa shape index (κ2) is 5.01. The molecule has 3 rings (SSSR count). The Morgan fingerprint density at radius 3 is 2.89 bits per heavy atom. The molecule has 0 spiro atoms. The highest BCUT2D eigenvalue weighted by atomic mass is 14.9. The van der Waals surface area contributed by atoms with Gasteiger partial charge in [-0.2, -0.15) is 0 Å². The summed E-state index contributed by atoms with van der Waals surface area (Å²) in [6, 6.07) is 8.50. The Kier molecular flexibility index (Phi) is 3.22. The fourth-order valence-corrected chi connectivity index (χ4v) is 2.82. The Morgan fingerprint density at radius 1 is 1.17 bits per heavy atom. The van der Waals surface area contributed by atoms with Gasteiger partial charge in [-0.15, -0.1) is 0 Å². The summed E-state index contributed by atoms with van der Waals surface area (Å²) in [5.41, 5.74) is 5.26. The molecule has 0 bridgehead atoms. The van der Waals surface area contributed by atoms with Crippen LogP contribution in [0.5, 0.6) is 0 Å². The molecule has 1 aliphatic carbocycles. The van der Waals surface area contributed by atoms with Crippen LogP contribution >= 0.6 is 0 Å². The zero-order valence-electron chi connectivity index (χ0n) is 11.0. The number of rotatable bonds is 3. The molecule has 0 saturated heterocycles. The molecular formula is C15H19BN2. The molecule has 0 aliphatic heterocycles. The molecule has 3 heteroatoms. The zero-order valence-corrected chi connectivity index (χ0v) is 11.0. The highest BCUT2D eigenvalue weighted by molar-refractivity contribution is 6.08. The van der Waals surface area contributed by atoms with E-state index in [-0.39, 0.29) is 0 Å². The molecule has 0 fully saturated rings. The van der Waals surface area contributed by atoms with E-state index in [4.69, 9.17) is 4.98 Å². The molecule has 0 amide bonds. The lowest BCUT2D eigenvalue weighted by molar-refractivity contribution is 0.672. The van der Waals surface area contributed by atoms with Crippen LogP contribution in [0.25, 0.3) is 10.9 Å². The van der Waals surface area contributed by atoms with Crippen LogP contribution in [-0.4, -0.2) is 19.4 Å². The molecule has 1 N–H and O–H groups in total. The Morgan fingerprint density at radius 2 is 2.00 bits per heavy atom. The number of para-hydroxylation sites is 1. The fraction of sp³-hybridized carbons (Fsp3) is 0.400. The van der Waals surface area contributed by atoms with Crippen LogP contribution < -0.4 is 5.32 Å². The van der Waals surface area contributed by atoms with E-state index in [2.05, 4.69) is 37.4 Å². The van der Waals surface area contributed by atoms with Gasteiger partial charge in [0.15, 0.2) is 0 Å². The SMILES string of the molecule is BCCNc1c2c(nc3ccccc13)CCCC2. The van der Waals surface area contributed by atoms with E-state index in [9.17, 15) is 0 Å². The van der Waals surface area contributed by atoms with Gasteiger partial charge in [-0.3, -0.25) is 4.98 Å². The van der Waals surface area contributed by atoms with Gasteiger partial charge in [-0.1, -0.05) is 24.5 Å². The lowest BCUT2D eigenvalue weighted by atomic mass is 9.92. The zero-order chi connectivity index (χ0) is 12.4. The molecule has 1 aliphatic rings. The minimum atomic E-state index is 1.04. The van der Waals surface area contributed by atoms with Gasteiger partial charge in [0.25, 0.3) is 0 Å². The van der Waals surface area contributed by atoms with Gasteiger partial charge in [0, 0.05) is 23.3 Å². The quantitative estimate of drug-likeness (QED) is 0.831. The largest absolute Gasteiger partial charge is 0.385 e. The molecular weight excluding hydrogens is 219 g/mol. The van der Waals surface area contributed by atoms with Gasteiger partial charge < -0.3 is 5.32 Å². The second-order valence-electron chi connectivity index (χ2n) is 5.06. The molecule has 2 nitrogen and oxygen atoms in total. The van der Waals surface area contributed by atoms with Crippen molar-refractivity contribution in [3.05, 3.63) is 35.5 Å². The summed E-state index contributed by atoms with van der Waals surface area (Å²) >= 11 is 0. The summed E-state index contributed by atoms with van der Waals surface area (Å²) in [4.78, 5) is 4.84. The maximum Gasteiger partial charge on any atom is 0.103 e. The number of anilines is 1. The van der Waals surface area contributed by atoms with Crippen molar-refractivity contribution in [3.63, 3.8) is 0 Å². The van der Waals surface area contributed by atoms with Crippen LogP contribution in [0.4, 0.5) is 5.69 Å². The molecule has 92 valence electrons. The Bertz CT molecular complexity index is 566. The first-order valence-corrected chi connectivity index (χ1v) is 7.04. The predicted octanol–water partition coefficient (Wildman–Crippen LogP) is 2.58. The van der Waals surface area contributed by atoms with Crippen molar-refractivity contribution in [2.24, 2.45) is 0 Å². The third-order valence-corrected chi connectivity index (χ3v) is 3.72. The average Bonchev–Trinajstić information content (AvgIpc) is 2.43. The van der Waals surface area contributed by atoms with Crippen LogP contribution in [-0.2, 0) is 12.8 Å². The van der Waals surface area contributed by atoms with Gasteiger partial charge in [0.1, 0.15) is 7.85 Å². The van der Waals surface area contributed by atoms with E-state index < -0.39 is 0 Å². The third kappa shape index (κ3) is 1.98. The van der Waals surface area contributed by atoms with E-state index in [0.717, 1.165) is 24.8 Å². The third-order valence-electron chi connectivity index (χ3n) is 3.72. The van der Waals surface area contributed by atoms with Gasteiger partial charge in [-0.05, 0) is 37.3 Å². The van der Waals surface area contributed by atoms with Crippen molar-refractivity contribution in [2.45, 2.75) is 32.0 Å². The van der Waals surface area contributed by atoms with E-state index in [0.29, 0.717) is 0 Å². The van der Waals surface area contributed by atoms with Crippen LogP contribution in [0.2, 0.25) is 6.32 Å². The highest BCUT2D eigenvalue weighted by Gasteiger charge is 2.17. The van der Waals surface area contributed by atoms with E-state index >= 15 is 0 Å². The highest BCUT2D eigenvalue weighted by Crippen LogP contribution is 2.33. The molecule has 18 heavy (non-hydrogen) atoms. The summed E-state index contributed by atoms with van der Waals surface area (Å²) in [5.74, 6) is 0. The number of pyridine rings is 1. The van der Waals surface area contributed by atoms with Crippen molar-refractivity contribution in [3.8, 4) is 0 Å². The standard InChI is InChI=1S/C15H19BN2/c16-9-10-17-15-11-5-1-3-7-13(11)18-14-8-4-2-6-12(14)15/h1,3,5,7H,2,4,6,8-10,16H2,(H,17,18). The van der Waals surface area contributed by atoms with E-state index in [1.54, 1.807) is 0 Å².